The summed E-state index contributed by atoms with van der Waals surface area (Å²) in [5.41, 5.74) is 5.47. The van der Waals surface area contributed by atoms with Gasteiger partial charge < -0.3 is 0 Å². The topological polar surface area (TPSA) is 0 Å². The van der Waals surface area contributed by atoms with Crippen LogP contribution in [-0.4, -0.2) is 5.87 Å². The van der Waals surface area contributed by atoms with Gasteiger partial charge in [0.1, 0.15) is 0 Å². The molecule has 1 rings (SSSR count). The lowest BCUT2D eigenvalue weighted by molar-refractivity contribution is 0.421. The SMILES string of the molecule is C=C=CCCCC(CC)CCC.C=S.CC.CC.Cc1ccc(C)cc1. The van der Waals surface area contributed by atoms with Crippen LogP contribution in [0, 0.1) is 19.8 Å². The fourth-order valence-electron chi connectivity index (χ4n) is 2.21. The summed E-state index contributed by atoms with van der Waals surface area (Å²) in [5.74, 6) is 3.79. The molecular weight excluding hydrogens is 332 g/mol. The van der Waals surface area contributed by atoms with Crippen LogP contribution >= 0.6 is 12.2 Å². The summed E-state index contributed by atoms with van der Waals surface area (Å²) >= 11 is 3.83. The molecule has 1 heteroatoms. The van der Waals surface area contributed by atoms with E-state index in [1.807, 2.05) is 33.8 Å². The molecule has 0 aliphatic heterocycles. The van der Waals surface area contributed by atoms with Crippen molar-refractivity contribution in [3.8, 4) is 0 Å². The molecule has 26 heavy (non-hydrogen) atoms. The van der Waals surface area contributed by atoms with Crippen molar-refractivity contribution >= 4 is 18.1 Å². The second-order valence-corrected chi connectivity index (χ2v) is 5.56. The molecular formula is C25H46S. The first-order chi connectivity index (χ1) is 12.6. The molecule has 0 amide bonds. The smallest absolute Gasteiger partial charge is 0.0274 e. The maximum atomic E-state index is 3.83. The third-order valence-corrected chi connectivity index (χ3v) is 3.60. The molecule has 0 aliphatic rings. The van der Waals surface area contributed by atoms with E-state index in [-0.39, 0.29) is 0 Å². The molecule has 0 saturated heterocycles. The zero-order valence-electron chi connectivity index (χ0n) is 19.0. The molecule has 1 aromatic carbocycles. The second-order valence-electron chi connectivity index (χ2n) is 5.56. The van der Waals surface area contributed by atoms with Crippen molar-refractivity contribution in [3.63, 3.8) is 0 Å². The van der Waals surface area contributed by atoms with Gasteiger partial charge in [-0.25, -0.2) is 0 Å². The Kier molecular flexibility index (Phi) is 39.5. The summed E-state index contributed by atoms with van der Waals surface area (Å²) in [6.45, 7) is 20.3. The van der Waals surface area contributed by atoms with Crippen LogP contribution in [0.4, 0.5) is 0 Å². The summed E-state index contributed by atoms with van der Waals surface area (Å²) < 4.78 is 0. The lowest BCUT2D eigenvalue weighted by Gasteiger charge is -2.11. The van der Waals surface area contributed by atoms with Gasteiger partial charge in [0, 0.05) is 0 Å². The zero-order valence-corrected chi connectivity index (χ0v) is 19.8. The molecule has 1 aromatic rings. The van der Waals surface area contributed by atoms with E-state index in [9.17, 15) is 0 Å². The van der Waals surface area contributed by atoms with Gasteiger partial charge in [-0.2, -0.15) is 0 Å². The van der Waals surface area contributed by atoms with Crippen molar-refractivity contribution in [2.45, 2.75) is 93.9 Å². The monoisotopic (exact) mass is 378 g/mol. The predicted octanol–water partition coefficient (Wildman–Crippen LogP) is 9.30. The summed E-state index contributed by atoms with van der Waals surface area (Å²) in [7, 11) is 0. The number of allylic oxidation sites excluding steroid dienone is 1. The van der Waals surface area contributed by atoms with Crippen LogP contribution in [0.5, 0.6) is 0 Å². The zero-order chi connectivity index (χ0) is 21.2. The van der Waals surface area contributed by atoms with E-state index in [2.05, 4.69) is 82.4 Å². The van der Waals surface area contributed by atoms with Gasteiger partial charge in [-0.15, -0.1) is 5.73 Å². The molecule has 1 unspecified atom stereocenters. The summed E-state index contributed by atoms with van der Waals surface area (Å²) in [4.78, 5) is 0. The number of rotatable bonds is 7. The van der Waals surface area contributed by atoms with E-state index in [4.69, 9.17) is 0 Å². The summed E-state index contributed by atoms with van der Waals surface area (Å²) in [5, 5.41) is 0. The Balaban J connectivity index is -0.000000149. The molecule has 152 valence electrons. The number of hydrogen-bond acceptors (Lipinski definition) is 1. The molecule has 0 radical (unpaired) electrons. The highest BCUT2D eigenvalue weighted by Gasteiger charge is 2.02. The Morgan fingerprint density at radius 2 is 1.35 bits per heavy atom. The van der Waals surface area contributed by atoms with Crippen molar-refractivity contribution in [3.05, 3.63) is 53.8 Å². The molecule has 0 N–H and O–H groups in total. The van der Waals surface area contributed by atoms with Crippen molar-refractivity contribution < 1.29 is 0 Å². The maximum absolute atomic E-state index is 3.83. The van der Waals surface area contributed by atoms with Crippen molar-refractivity contribution in [1.29, 1.82) is 0 Å². The average molecular weight is 379 g/mol. The average Bonchev–Trinajstić information content (AvgIpc) is 2.71. The molecule has 0 saturated carbocycles. The van der Waals surface area contributed by atoms with E-state index in [0.29, 0.717) is 0 Å². The van der Waals surface area contributed by atoms with Crippen LogP contribution in [0.25, 0.3) is 0 Å². The van der Waals surface area contributed by atoms with Gasteiger partial charge in [-0.3, -0.25) is 0 Å². The molecule has 0 aromatic heterocycles. The van der Waals surface area contributed by atoms with Gasteiger partial charge >= 0.3 is 0 Å². The number of hydrogen-bond donors (Lipinski definition) is 0. The first-order valence-corrected chi connectivity index (χ1v) is 10.9. The van der Waals surface area contributed by atoms with E-state index < -0.39 is 0 Å². The number of benzene rings is 1. The van der Waals surface area contributed by atoms with Gasteiger partial charge in [-0.05, 0) is 44.6 Å². The number of unbranched alkanes of at least 4 members (excludes halogenated alkanes) is 1. The Morgan fingerprint density at radius 3 is 1.65 bits per heavy atom. The van der Waals surface area contributed by atoms with E-state index >= 15 is 0 Å². The largest absolute Gasteiger partial charge is 0.133 e. The maximum Gasteiger partial charge on any atom is -0.0274 e. The Morgan fingerprint density at radius 1 is 0.923 bits per heavy atom. The fourth-order valence-corrected chi connectivity index (χ4v) is 2.21. The standard InChI is InChI=1S/C12H22.C8H10.2C2H6.CH2S/c1-4-7-8-9-11-12(6-3)10-5-2;1-7-3-5-8(2)6-4-7;3*1-2/h7,12H,1,5-6,8-11H2,2-3H3;3-6H,1-2H3;2*1-2H3;1H2. The Bertz CT molecular complexity index is 364. The first kappa shape index (κ1) is 32.5. The van der Waals surface area contributed by atoms with E-state index in [0.717, 1.165) is 12.3 Å². The fraction of sp³-hybridized carbons (Fsp3) is 0.600. The van der Waals surface area contributed by atoms with Crippen LogP contribution in [0.1, 0.15) is 91.2 Å². The van der Waals surface area contributed by atoms with Crippen LogP contribution in [0.2, 0.25) is 0 Å². The highest BCUT2D eigenvalue weighted by Crippen LogP contribution is 2.17. The van der Waals surface area contributed by atoms with Crippen LogP contribution in [0.3, 0.4) is 0 Å². The molecule has 0 bridgehead atoms. The van der Waals surface area contributed by atoms with Gasteiger partial charge in [0.05, 0.1) is 0 Å². The van der Waals surface area contributed by atoms with E-state index in [1.54, 1.807) is 0 Å². The van der Waals surface area contributed by atoms with Crippen molar-refractivity contribution in [2.24, 2.45) is 5.92 Å². The predicted molar refractivity (Wildman–Crippen MR) is 130 cm³/mol. The Labute approximate surface area is 171 Å². The van der Waals surface area contributed by atoms with Gasteiger partial charge in [0.25, 0.3) is 0 Å². The third kappa shape index (κ3) is 27.7. The van der Waals surface area contributed by atoms with Gasteiger partial charge in [0.15, 0.2) is 0 Å². The normalized spacial score (nSPS) is 9.08. The third-order valence-electron chi connectivity index (χ3n) is 3.60. The van der Waals surface area contributed by atoms with Crippen LogP contribution in [-0.2, 0) is 0 Å². The molecule has 1 atom stereocenters. The Hall–Kier alpha value is -1.17. The molecule has 0 aliphatic carbocycles. The molecule has 0 spiro atoms. The minimum Gasteiger partial charge on any atom is -0.133 e. The van der Waals surface area contributed by atoms with Gasteiger partial charge in [0.2, 0.25) is 0 Å². The number of thiocarbonyl (C=S) groups is 1. The molecule has 0 nitrogen and oxygen atoms in total. The lowest BCUT2D eigenvalue weighted by atomic mass is 9.95. The molecule has 0 fully saturated rings. The lowest BCUT2D eigenvalue weighted by Crippen LogP contribution is -1.97. The number of aryl methyl sites for hydroxylation is 2. The molecule has 0 heterocycles. The van der Waals surface area contributed by atoms with Gasteiger partial charge in [-0.1, -0.05) is 121 Å². The quantitative estimate of drug-likeness (QED) is 0.259. The van der Waals surface area contributed by atoms with E-state index in [1.165, 1.54) is 43.2 Å². The second kappa shape index (κ2) is 31.6. The highest BCUT2D eigenvalue weighted by molar-refractivity contribution is 7.77. The summed E-state index contributed by atoms with van der Waals surface area (Å²) in [6, 6.07) is 8.48. The minimum absolute atomic E-state index is 0.952. The minimum atomic E-state index is 0.952. The van der Waals surface area contributed by atoms with Crippen LogP contribution in [0.15, 0.2) is 42.7 Å². The first-order valence-electron chi connectivity index (χ1n) is 10.3. The van der Waals surface area contributed by atoms with Crippen molar-refractivity contribution in [1.82, 2.24) is 0 Å². The van der Waals surface area contributed by atoms with Crippen LogP contribution < -0.4 is 0 Å². The van der Waals surface area contributed by atoms with Crippen molar-refractivity contribution in [2.75, 3.05) is 0 Å². The summed E-state index contributed by atoms with van der Waals surface area (Å²) in [6.07, 6.45) is 9.95. The highest BCUT2D eigenvalue weighted by atomic mass is 32.1.